The molecule has 3 rings (SSSR count). The summed E-state index contributed by atoms with van der Waals surface area (Å²) in [6.45, 7) is 0. The smallest absolute Gasteiger partial charge is 0.113 e. The highest BCUT2D eigenvalue weighted by atomic mass is 15.1. The van der Waals surface area contributed by atoms with Gasteiger partial charge in [-0.15, -0.1) is 0 Å². The molecule has 2 aromatic rings. The molecule has 1 aromatic carbocycles. The van der Waals surface area contributed by atoms with Crippen LogP contribution in [-0.2, 0) is 5.54 Å². The third-order valence-corrected chi connectivity index (χ3v) is 3.51. The van der Waals surface area contributed by atoms with Crippen molar-refractivity contribution >= 4 is 13.3 Å². The Labute approximate surface area is 102 Å². The van der Waals surface area contributed by atoms with Crippen molar-refractivity contribution in [3.63, 3.8) is 0 Å². The van der Waals surface area contributed by atoms with Gasteiger partial charge in [-0.25, -0.2) is 4.98 Å². The van der Waals surface area contributed by atoms with E-state index >= 15 is 0 Å². The van der Waals surface area contributed by atoms with E-state index in [4.69, 9.17) is 13.6 Å². The average Bonchev–Trinajstić information content (AvgIpc) is 2.75. The molecule has 1 saturated carbocycles. The molecule has 84 valence electrons. The summed E-state index contributed by atoms with van der Waals surface area (Å²) >= 11 is 0. The molecule has 0 unspecified atom stereocenters. The summed E-state index contributed by atoms with van der Waals surface area (Å²) in [6, 6.07) is 7.74. The number of hydrogen-bond donors (Lipinski definition) is 1. The van der Waals surface area contributed by atoms with Crippen molar-refractivity contribution in [2.45, 2.75) is 24.8 Å². The Morgan fingerprint density at radius 2 is 2.18 bits per heavy atom. The van der Waals surface area contributed by atoms with Crippen LogP contribution in [0.1, 0.15) is 25.0 Å². The van der Waals surface area contributed by atoms with Crippen LogP contribution in [0.4, 0.5) is 0 Å². The van der Waals surface area contributed by atoms with Crippen LogP contribution in [0.5, 0.6) is 0 Å². The molecule has 0 saturated heterocycles. The minimum absolute atomic E-state index is 0.203. The van der Waals surface area contributed by atoms with E-state index < -0.39 is 0 Å². The Bertz CT molecular complexity index is 543. The molecular formula is C13H14BN3. The number of benzene rings is 1. The van der Waals surface area contributed by atoms with Gasteiger partial charge in [-0.1, -0.05) is 17.6 Å². The Hall–Kier alpha value is -1.55. The minimum Gasteiger partial charge on any atom is -0.320 e. The van der Waals surface area contributed by atoms with E-state index in [2.05, 4.69) is 4.98 Å². The predicted molar refractivity (Wildman–Crippen MR) is 68.7 cm³/mol. The first kappa shape index (κ1) is 10.6. The van der Waals surface area contributed by atoms with Crippen molar-refractivity contribution in [3.05, 3.63) is 42.5 Å². The number of imidazole rings is 1. The van der Waals surface area contributed by atoms with Crippen molar-refractivity contribution in [1.82, 2.24) is 9.55 Å². The van der Waals surface area contributed by atoms with Gasteiger partial charge in [-0.2, -0.15) is 0 Å². The lowest BCUT2D eigenvalue weighted by Gasteiger charge is -2.36. The summed E-state index contributed by atoms with van der Waals surface area (Å²) in [6.07, 6.45) is 7.06. The summed E-state index contributed by atoms with van der Waals surface area (Å²) in [5, 5.41) is 0. The lowest BCUT2D eigenvalue weighted by atomic mass is 9.76. The van der Waals surface area contributed by atoms with Gasteiger partial charge >= 0.3 is 0 Å². The number of nitrogens with zero attached hydrogens (tertiary/aromatic N) is 2. The van der Waals surface area contributed by atoms with Crippen LogP contribution in [0.2, 0.25) is 0 Å². The van der Waals surface area contributed by atoms with Gasteiger partial charge in [0.1, 0.15) is 7.85 Å². The lowest BCUT2D eigenvalue weighted by molar-refractivity contribution is 0.247. The van der Waals surface area contributed by atoms with Crippen LogP contribution >= 0.6 is 0 Å². The molecule has 1 aromatic heterocycles. The molecule has 1 aliphatic carbocycles. The molecule has 1 fully saturated rings. The molecular weight excluding hydrogens is 209 g/mol. The molecule has 0 amide bonds. The molecule has 0 atom stereocenters. The molecule has 3 nitrogen and oxygen atoms in total. The topological polar surface area (TPSA) is 43.8 Å². The normalized spacial score (nSPS) is 17.7. The average molecular weight is 223 g/mol. The summed E-state index contributed by atoms with van der Waals surface area (Å²) in [7, 11) is 5.77. The molecule has 0 aliphatic heterocycles. The van der Waals surface area contributed by atoms with Crippen LogP contribution in [0, 0.1) is 0 Å². The van der Waals surface area contributed by atoms with E-state index in [0.717, 1.165) is 29.7 Å². The number of hydrogen-bond acceptors (Lipinski definition) is 2. The molecule has 0 spiro atoms. The predicted octanol–water partition coefficient (Wildman–Crippen LogP) is 1.00. The first-order valence-corrected chi connectivity index (χ1v) is 5.87. The maximum atomic E-state index is 6.24. The fraction of sp³-hybridized carbons (Fsp3) is 0.308. The number of nitrogens with two attached hydrogens (primary N) is 1. The first-order chi connectivity index (χ1) is 8.17. The summed E-state index contributed by atoms with van der Waals surface area (Å²) in [5.41, 5.74) is 8.79. The second-order valence-electron chi connectivity index (χ2n) is 4.77. The molecule has 4 heteroatoms. The Balaban J connectivity index is 1.95. The SMILES string of the molecule is [B]c1cccc(-n2cnc(C3(N)CCC3)c2)c1. The van der Waals surface area contributed by atoms with Crippen molar-refractivity contribution in [2.75, 3.05) is 0 Å². The largest absolute Gasteiger partial charge is 0.320 e. The number of aromatic nitrogens is 2. The third kappa shape index (κ3) is 1.78. The van der Waals surface area contributed by atoms with Crippen LogP contribution in [0.15, 0.2) is 36.8 Å². The van der Waals surface area contributed by atoms with Gasteiger partial charge in [-0.3, -0.25) is 0 Å². The van der Waals surface area contributed by atoms with Crippen LogP contribution in [-0.4, -0.2) is 17.4 Å². The maximum Gasteiger partial charge on any atom is 0.113 e. The lowest BCUT2D eigenvalue weighted by Crippen LogP contribution is -2.43. The summed E-state index contributed by atoms with van der Waals surface area (Å²) in [4.78, 5) is 4.41. The Kier molecular flexibility index (Phi) is 2.33. The number of rotatable bonds is 2. The first-order valence-electron chi connectivity index (χ1n) is 5.87. The van der Waals surface area contributed by atoms with Crippen molar-refractivity contribution in [2.24, 2.45) is 5.73 Å². The van der Waals surface area contributed by atoms with Crippen LogP contribution < -0.4 is 11.2 Å². The van der Waals surface area contributed by atoms with E-state index in [9.17, 15) is 0 Å². The standard InChI is InChI=1S/C13H14BN3/c14-10-3-1-4-11(7-10)17-8-12(16-9-17)13(15)5-2-6-13/h1,3-4,7-9H,2,5-6,15H2. The molecule has 1 heterocycles. The fourth-order valence-corrected chi connectivity index (χ4v) is 2.22. The summed E-state index contributed by atoms with van der Waals surface area (Å²) in [5.74, 6) is 0. The van der Waals surface area contributed by atoms with Gasteiger partial charge in [0.2, 0.25) is 0 Å². The van der Waals surface area contributed by atoms with Crippen molar-refractivity contribution in [1.29, 1.82) is 0 Å². The highest BCUT2D eigenvalue weighted by Gasteiger charge is 2.36. The molecule has 17 heavy (non-hydrogen) atoms. The highest BCUT2D eigenvalue weighted by Crippen LogP contribution is 2.37. The van der Waals surface area contributed by atoms with E-state index in [1.807, 2.05) is 35.0 Å². The molecule has 2 N–H and O–H groups in total. The van der Waals surface area contributed by atoms with Crippen LogP contribution in [0.25, 0.3) is 5.69 Å². The van der Waals surface area contributed by atoms with E-state index in [0.29, 0.717) is 0 Å². The maximum absolute atomic E-state index is 6.24. The van der Waals surface area contributed by atoms with Gasteiger partial charge in [0.25, 0.3) is 0 Å². The van der Waals surface area contributed by atoms with E-state index in [1.165, 1.54) is 6.42 Å². The van der Waals surface area contributed by atoms with Gasteiger partial charge in [-0.05, 0) is 31.4 Å². The highest BCUT2D eigenvalue weighted by molar-refractivity contribution is 6.32. The van der Waals surface area contributed by atoms with Crippen molar-refractivity contribution < 1.29 is 0 Å². The van der Waals surface area contributed by atoms with Crippen LogP contribution in [0.3, 0.4) is 0 Å². The van der Waals surface area contributed by atoms with Crippen molar-refractivity contribution in [3.8, 4) is 5.69 Å². The molecule has 0 bridgehead atoms. The zero-order chi connectivity index (χ0) is 11.9. The zero-order valence-corrected chi connectivity index (χ0v) is 9.63. The van der Waals surface area contributed by atoms with E-state index in [1.54, 1.807) is 6.33 Å². The fourth-order valence-electron chi connectivity index (χ4n) is 2.22. The second-order valence-corrected chi connectivity index (χ2v) is 4.77. The van der Waals surface area contributed by atoms with Gasteiger partial charge in [0.05, 0.1) is 17.6 Å². The summed E-state index contributed by atoms with van der Waals surface area (Å²) < 4.78 is 1.97. The zero-order valence-electron chi connectivity index (χ0n) is 9.63. The molecule has 2 radical (unpaired) electrons. The quantitative estimate of drug-likeness (QED) is 0.772. The van der Waals surface area contributed by atoms with E-state index in [-0.39, 0.29) is 5.54 Å². The Morgan fingerprint density at radius 1 is 1.35 bits per heavy atom. The van der Waals surface area contributed by atoms with Gasteiger partial charge in [0, 0.05) is 11.9 Å². The van der Waals surface area contributed by atoms with Gasteiger partial charge < -0.3 is 10.3 Å². The van der Waals surface area contributed by atoms with Gasteiger partial charge in [0.15, 0.2) is 0 Å². The molecule has 1 aliphatic rings. The Morgan fingerprint density at radius 3 is 2.82 bits per heavy atom. The third-order valence-electron chi connectivity index (χ3n) is 3.51. The second kappa shape index (κ2) is 3.74. The monoisotopic (exact) mass is 223 g/mol. The minimum atomic E-state index is -0.203.